The Morgan fingerprint density at radius 3 is 1.75 bits per heavy atom. The number of anilines is 2. The van der Waals surface area contributed by atoms with E-state index in [0.717, 1.165) is 0 Å². The van der Waals surface area contributed by atoms with E-state index in [1.165, 1.54) is 46.7 Å². The van der Waals surface area contributed by atoms with Crippen molar-refractivity contribution in [2.45, 2.75) is 62.9 Å². The fourth-order valence-electron chi connectivity index (χ4n) is 8.41. The molecule has 0 aliphatic carbocycles. The van der Waals surface area contributed by atoms with Gasteiger partial charge in [-0.05, 0) is 55.6 Å². The lowest BCUT2D eigenvalue weighted by Crippen LogP contribution is -2.34. The van der Waals surface area contributed by atoms with Gasteiger partial charge in [-0.2, -0.15) is 0 Å². The van der Waals surface area contributed by atoms with E-state index in [2.05, 4.69) is 46.2 Å². The summed E-state index contributed by atoms with van der Waals surface area (Å²) in [6.45, 7) is 1.72. The van der Waals surface area contributed by atoms with E-state index in [4.69, 9.17) is 28.6 Å². The Morgan fingerprint density at radius 2 is 1.27 bits per heavy atom. The Morgan fingerprint density at radius 1 is 0.732 bits per heavy atom. The summed E-state index contributed by atoms with van der Waals surface area (Å²) in [5, 5.41) is 26.7. The lowest BCUT2D eigenvalue weighted by molar-refractivity contribution is -0.163. The Labute approximate surface area is 403 Å². The third-order valence-corrected chi connectivity index (χ3v) is 12.0. The van der Waals surface area contributed by atoms with Crippen molar-refractivity contribution in [3.63, 3.8) is 0 Å². The molecule has 24 heteroatoms. The molecule has 4 aromatic heterocycles. The molecule has 2 aromatic carbocycles. The quantitative estimate of drug-likeness (QED) is 0.0666. The van der Waals surface area contributed by atoms with E-state index >= 15 is 8.78 Å². The van der Waals surface area contributed by atoms with Gasteiger partial charge in [0.1, 0.15) is 48.0 Å². The maximum Gasteiger partial charge on any atom is 0.414 e. The maximum atomic E-state index is 15.5. The van der Waals surface area contributed by atoms with E-state index in [0.29, 0.717) is 88.9 Å². The van der Waals surface area contributed by atoms with Crippen molar-refractivity contribution in [3.8, 4) is 22.3 Å². The number of amides is 2. The number of rotatable bonds is 19. The number of aromatic nitrogens is 8. The molecule has 1 unspecified atom stereocenters. The van der Waals surface area contributed by atoms with Crippen LogP contribution in [-0.2, 0) is 46.5 Å². The average molecular weight is 974 g/mol. The molecule has 0 radical (unpaired) electrons. The Kier molecular flexibility index (Phi) is 13.6. The molecule has 1 N–H and O–H groups in total. The average Bonchev–Trinajstić information content (AvgIpc) is 4.26. The molecule has 22 nitrogen and oxygen atoms in total. The minimum absolute atomic E-state index is 0.109. The van der Waals surface area contributed by atoms with Gasteiger partial charge in [-0.25, -0.2) is 32.5 Å². The van der Waals surface area contributed by atoms with Crippen LogP contribution in [0.25, 0.3) is 22.3 Å². The number of likely N-dealkylation sites (N-methyl/N-ethyl adjacent to an activating group) is 1. The highest BCUT2D eigenvalue weighted by atomic mass is 19.1. The predicted octanol–water partition coefficient (Wildman–Crippen LogP) is 4.55. The smallest absolute Gasteiger partial charge is 0.414 e. The summed E-state index contributed by atoms with van der Waals surface area (Å²) in [7, 11) is 1.77. The van der Waals surface area contributed by atoms with Crippen LogP contribution in [0.1, 0.15) is 30.7 Å². The SMILES string of the molecule is CNCCOC(C[C@@H]1CC(c2ccc(-c3ccc(N4C[C@H](Cn5ccnn5)OC4=O)cc3F)cn2)=NO1)C(=O)OC[C@@H]1CC(c2ccc(-c3ccc(N4C[C@H](Cn5ccnn5)OC4=O)cc3F)cn2)=NO1. The third kappa shape index (κ3) is 10.7. The number of nitrogens with one attached hydrogen (secondary N) is 1. The van der Waals surface area contributed by atoms with E-state index in [1.54, 1.807) is 77.3 Å². The molecule has 4 aliphatic rings. The molecule has 4 aliphatic heterocycles. The molecule has 366 valence electrons. The molecule has 8 heterocycles. The number of pyridine rings is 2. The van der Waals surface area contributed by atoms with Crippen LogP contribution in [0.15, 0.2) is 108 Å². The van der Waals surface area contributed by atoms with Crippen LogP contribution in [0.5, 0.6) is 0 Å². The molecular formula is C47H45F2N13O9. The second kappa shape index (κ2) is 20.8. The van der Waals surface area contributed by atoms with E-state index < -0.39 is 60.3 Å². The van der Waals surface area contributed by atoms with Crippen LogP contribution < -0.4 is 15.1 Å². The fourth-order valence-corrected chi connectivity index (χ4v) is 8.41. The van der Waals surface area contributed by atoms with Gasteiger partial charge >= 0.3 is 18.2 Å². The summed E-state index contributed by atoms with van der Waals surface area (Å²) < 4.78 is 56.6. The van der Waals surface area contributed by atoms with Crippen LogP contribution in [0, 0.1) is 11.6 Å². The highest BCUT2D eigenvalue weighted by molar-refractivity contribution is 6.00. The normalized spacial score (nSPS) is 20.0. The Balaban J connectivity index is 0.690. The number of benzene rings is 2. The van der Waals surface area contributed by atoms with Crippen molar-refractivity contribution in [2.75, 3.05) is 49.7 Å². The zero-order chi connectivity index (χ0) is 48.8. The molecule has 0 spiro atoms. The maximum absolute atomic E-state index is 15.5. The number of oxime groups is 2. The van der Waals surface area contributed by atoms with Gasteiger partial charge in [-0.1, -0.05) is 32.9 Å². The summed E-state index contributed by atoms with van der Waals surface area (Å²) in [5.41, 5.74) is 4.42. The van der Waals surface area contributed by atoms with Gasteiger partial charge in [-0.3, -0.25) is 19.8 Å². The fraction of sp³-hybridized carbons (Fsp3) is 0.340. The van der Waals surface area contributed by atoms with Crippen LogP contribution in [0.4, 0.5) is 29.7 Å². The summed E-state index contributed by atoms with van der Waals surface area (Å²) in [4.78, 5) is 61.7. The van der Waals surface area contributed by atoms with Crippen molar-refractivity contribution in [1.82, 2.24) is 45.3 Å². The van der Waals surface area contributed by atoms with Gasteiger partial charge in [-0.15, -0.1) is 10.2 Å². The molecular weight excluding hydrogens is 929 g/mol. The predicted molar refractivity (Wildman–Crippen MR) is 246 cm³/mol. The molecule has 71 heavy (non-hydrogen) atoms. The Bertz CT molecular complexity index is 2930. The highest BCUT2D eigenvalue weighted by Crippen LogP contribution is 2.32. The van der Waals surface area contributed by atoms with Crippen LogP contribution in [-0.4, -0.2) is 140 Å². The topological polar surface area (TPSA) is 237 Å². The minimum Gasteiger partial charge on any atom is -0.460 e. The number of hydrogen-bond donors (Lipinski definition) is 1. The van der Waals surface area contributed by atoms with Gasteiger partial charge < -0.3 is 33.9 Å². The number of carbonyl (C=O) groups excluding carboxylic acids is 3. The molecule has 2 amide bonds. The van der Waals surface area contributed by atoms with Crippen molar-refractivity contribution < 1.29 is 51.8 Å². The molecule has 0 bridgehead atoms. The first-order valence-corrected chi connectivity index (χ1v) is 22.7. The largest absolute Gasteiger partial charge is 0.460 e. The van der Waals surface area contributed by atoms with Crippen LogP contribution >= 0.6 is 0 Å². The lowest BCUT2D eigenvalue weighted by Gasteiger charge is -2.20. The van der Waals surface area contributed by atoms with Crippen molar-refractivity contribution >= 4 is 41.0 Å². The summed E-state index contributed by atoms with van der Waals surface area (Å²) in [6, 6.07) is 15.9. The van der Waals surface area contributed by atoms with Gasteiger partial charge in [0, 0.05) is 72.8 Å². The summed E-state index contributed by atoms with van der Waals surface area (Å²) in [5.74, 6) is -1.69. The number of halogens is 2. The minimum atomic E-state index is -0.983. The second-order valence-electron chi connectivity index (χ2n) is 16.9. The zero-order valence-corrected chi connectivity index (χ0v) is 38.0. The van der Waals surface area contributed by atoms with E-state index in [-0.39, 0.29) is 32.7 Å². The molecule has 5 atom stereocenters. The van der Waals surface area contributed by atoms with Gasteiger partial charge in [0.25, 0.3) is 0 Å². The molecule has 6 aromatic rings. The molecule has 2 fully saturated rings. The molecule has 0 saturated carbocycles. The number of cyclic esters (lactones) is 2. The van der Waals surface area contributed by atoms with Crippen molar-refractivity contribution in [3.05, 3.63) is 121 Å². The summed E-state index contributed by atoms with van der Waals surface area (Å²) in [6.07, 6.45) is 6.04. The van der Waals surface area contributed by atoms with E-state index in [9.17, 15) is 14.4 Å². The summed E-state index contributed by atoms with van der Waals surface area (Å²) >= 11 is 0. The van der Waals surface area contributed by atoms with Gasteiger partial charge in [0.15, 0.2) is 12.2 Å². The van der Waals surface area contributed by atoms with Crippen LogP contribution in [0.2, 0.25) is 0 Å². The standard InChI is InChI=1S/C47H45F2N13O9/c1-50-12-15-66-44(20-32-18-42(55-70-32)40-8-2-28(21-51-40)36-6-4-30(16-38(36)48)61-25-34(68-46(61)64)23-59-13-10-53-57-59)45(63)67-27-33-19-43(56-71-33)41-9-3-29(22-52-41)37-7-5-31(17-39(37)49)62-26-35(69-47(62)65)24-60-14-11-54-58-60/h2-11,13-14,16-17,21-22,32-35,44,50H,12,15,18-20,23-27H2,1H3/t32-,33-,34-,35-,44?/m0/s1. The molecule has 10 rings (SSSR count). The first-order valence-electron chi connectivity index (χ1n) is 22.7. The first kappa shape index (κ1) is 46.5. The van der Waals surface area contributed by atoms with Crippen LogP contribution in [0.3, 0.4) is 0 Å². The first-order chi connectivity index (χ1) is 34.6. The second-order valence-corrected chi connectivity index (χ2v) is 16.9. The number of hydrogen-bond acceptors (Lipinski definition) is 18. The Hall–Kier alpha value is -8.25. The highest BCUT2D eigenvalue weighted by Gasteiger charge is 2.36. The number of ether oxygens (including phenoxy) is 4. The third-order valence-electron chi connectivity index (χ3n) is 12.0. The van der Waals surface area contributed by atoms with Gasteiger partial charge in [0.05, 0.1) is 67.9 Å². The molecule has 2 saturated heterocycles. The zero-order valence-electron chi connectivity index (χ0n) is 38.0. The van der Waals surface area contributed by atoms with E-state index in [1.807, 2.05) is 0 Å². The number of nitrogens with zero attached hydrogens (tertiary/aromatic N) is 12. The van der Waals surface area contributed by atoms with Gasteiger partial charge in [0.2, 0.25) is 0 Å². The number of carbonyl (C=O) groups is 3. The van der Waals surface area contributed by atoms with Crippen molar-refractivity contribution in [1.29, 1.82) is 0 Å². The lowest BCUT2D eigenvalue weighted by atomic mass is 10.0. The monoisotopic (exact) mass is 973 g/mol. The van der Waals surface area contributed by atoms with Crippen molar-refractivity contribution in [2.24, 2.45) is 10.3 Å². The number of esters is 1.